The summed E-state index contributed by atoms with van der Waals surface area (Å²) >= 11 is 5.83. The number of aryl methyl sites for hydroxylation is 3. The van der Waals surface area contributed by atoms with Gasteiger partial charge in [-0.2, -0.15) is 0 Å². The monoisotopic (exact) mass is 317 g/mol. The van der Waals surface area contributed by atoms with E-state index in [1.54, 1.807) is 31.2 Å². The molecule has 2 aromatic carbocycles. The Morgan fingerprint density at radius 2 is 1.64 bits per heavy atom. The molecule has 116 valence electrons. The highest BCUT2D eigenvalue weighted by atomic mass is 35.5. The normalized spacial score (nSPS) is 11.9. The Morgan fingerprint density at radius 3 is 2.18 bits per heavy atom. The molecular formula is C18H20ClNO2. The van der Waals surface area contributed by atoms with E-state index in [1.165, 1.54) is 5.56 Å². The van der Waals surface area contributed by atoms with Crippen molar-refractivity contribution in [2.24, 2.45) is 0 Å². The summed E-state index contributed by atoms with van der Waals surface area (Å²) in [5, 5.41) is 3.58. The number of anilines is 1. The van der Waals surface area contributed by atoms with Gasteiger partial charge in [-0.25, -0.2) is 0 Å². The highest BCUT2D eigenvalue weighted by Gasteiger charge is 2.16. The molecule has 1 amide bonds. The van der Waals surface area contributed by atoms with Crippen molar-refractivity contribution in [3.05, 3.63) is 58.1 Å². The second-order valence-electron chi connectivity index (χ2n) is 5.48. The van der Waals surface area contributed by atoms with Crippen molar-refractivity contribution >= 4 is 23.2 Å². The average molecular weight is 318 g/mol. The average Bonchev–Trinajstić information content (AvgIpc) is 2.45. The molecule has 3 nitrogen and oxygen atoms in total. The van der Waals surface area contributed by atoms with Crippen LogP contribution < -0.4 is 10.1 Å². The minimum atomic E-state index is -0.596. The first-order valence-electron chi connectivity index (χ1n) is 7.18. The standard InChI is InChI=1S/C18H20ClNO2/c1-11-9-12(2)17(13(3)10-11)20-18(21)14(4)22-16-7-5-15(19)6-8-16/h5-10,14H,1-4H3,(H,20,21)/t14-/m0/s1. The number of carbonyl (C=O) groups is 1. The molecule has 2 aromatic rings. The molecule has 0 bridgehead atoms. The highest BCUT2D eigenvalue weighted by molar-refractivity contribution is 6.30. The Kier molecular flexibility index (Phi) is 5.09. The van der Waals surface area contributed by atoms with Gasteiger partial charge in [0.2, 0.25) is 0 Å². The zero-order valence-corrected chi connectivity index (χ0v) is 14.0. The molecule has 2 rings (SSSR count). The van der Waals surface area contributed by atoms with Gasteiger partial charge in [0.1, 0.15) is 5.75 Å². The molecule has 0 heterocycles. The van der Waals surface area contributed by atoms with Crippen LogP contribution in [0.25, 0.3) is 0 Å². The third kappa shape index (κ3) is 4.01. The largest absolute Gasteiger partial charge is 0.481 e. The van der Waals surface area contributed by atoms with Crippen molar-refractivity contribution in [2.75, 3.05) is 5.32 Å². The lowest BCUT2D eigenvalue weighted by Crippen LogP contribution is -2.30. The predicted octanol–water partition coefficient (Wildman–Crippen LogP) is 4.67. The van der Waals surface area contributed by atoms with Gasteiger partial charge in [-0.05, 0) is 63.1 Å². The van der Waals surface area contributed by atoms with Crippen molar-refractivity contribution in [3.8, 4) is 5.75 Å². The van der Waals surface area contributed by atoms with Crippen LogP contribution in [-0.2, 0) is 4.79 Å². The van der Waals surface area contributed by atoms with Crippen LogP contribution in [0.15, 0.2) is 36.4 Å². The van der Waals surface area contributed by atoms with Crippen LogP contribution in [0.3, 0.4) is 0 Å². The van der Waals surface area contributed by atoms with E-state index in [4.69, 9.17) is 16.3 Å². The zero-order valence-electron chi connectivity index (χ0n) is 13.2. The fourth-order valence-electron chi connectivity index (χ4n) is 2.37. The van der Waals surface area contributed by atoms with E-state index in [9.17, 15) is 4.79 Å². The van der Waals surface area contributed by atoms with E-state index in [2.05, 4.69) is 5.32 Å². The molecular weight excluding hydrogens is 298 g/mol. The number of amides is 1. The summed E-state index contributed by atoms with van der Waals surface area (Å²) in [6.07, 6.45) is -0.596. The van der Waals surface area contributed by atoms with Crippen LogP contribution in [0.5, 0.6) is 5.75 Å². The topological polar surface area (TPSA) is 38.3 Å². The Morgan fingerprint density at radius 1 is 1.09 bits per heavy atom. The third-order valence-electron chi connectivity index (χ3n) is 3.42. The summed E-state index contributed by atoms with van der Waals surface area (Å²) in [5.74, 6) is 0.439. The first-order chi connectivity index (χ1) is 10.4. The molecule has 0 aliphatic carbocycles. The summed E-state index contributed by atoms with van der Waals surface area (Å²) < 4.78 is 5.64. The molecule has 0 aliphatic heterocycles. The van der Waals surface area contributed by atoms with E-state index < -0.39 is 6.10 Å². The van der Waals surface area contributed by atoms with Crippen molar-refractivity contribution in [1.82, 2.24) is 0 Å². The number of ether oxygens (including phenoxy) is 1. The number of hydrogen-bond donors (Lipinski definition) is 1. The molecule has 0 aliphatic rings. The van der Waals surface area contributed by atoms with Crippen molar-refractivity contribution < 1.29 is 9.53 Å². The van der Waals surface area contributed by atoms with Crippen LogP contribution in [0, 0.1) is 20.8 Å². The number of benzene rings is 2. The molecule has 0 radical (unpaired) electrons. The van der Waals surface area contributed by atoms with Crippen LogP contribution in [-0.4, -0.2) is 12.0 Å². The van der Waals surface area contributed by atoms with Gasteiger partial charge < -0.3 is 10.1 Å². The van der Waals surface area contributed by atoms with Gasteiger partial charge in [0.05, 0.1) is 0 Å². The summed E-state index contributed by atoms with van der Waals surface area (Å²) in [4.78, 5) is 12.3. The molecule has 4 heteroatoms. The molecule has 1 atom stereocenters. The Balaban J connectivity index is 2.07. The molecule has 22 heavy (non-hydrogen) atoms. The number of halogens is 1. The van der Waals surface area contributed by atoms with Gasteiger partial charge in [-0.3, -0.25) is 4.79 Å². The minimum Gasteiger partial charge on any atom is -0.481 e. The quantitative estimate of drug-likeness (QED) is 0.889. The third-order valence-corrected chi connectivity index (χ3v) is 3.67. The van der Waals surface area contributed by atoms with Crippen LogP contribution in [0.4, 0.5) is 5.69 Å². The van der Waals surface area contributed by atoms with E-state index in [0.717, 1.165) is 16.8 Å². The lowest BCUT2D eigenvalue weighted by atomic mass is 10.0. The first-order valence-corrected chi connectivity index (χ1v) is 7.55. The van der Waals surface area contributed by atoms with E-state index in [-0.39, 0.29) is 5.91 Å². The summed E-state index contributed by atoms with van der Waals surface area (Å²) in [6, 6.07) is 11.1. The Labute approximate surface area is 136 Å². The zero-order chi connectivity index (χ0) is 16.3. The SMILES string of the molecule is Cc1cc(C)c(NC(=O)[C@H](C)Oc2ccc(Cl)cc2)c(C)c1. The smallest absolute Gasteiger partial charge is 0.265 e. The maximum absolute atomic E-state index is 12.3. The van der Waals surface area contributed by atoms with Gasteiger partial charge in [-0.15, -0.1) is 0 Å². The van der Waals surface area contributed by atoms with Gasteiger partial charge in [-0.1, -0.05) is 29.3 Å². The summed E-state index contributed by atoms with van der Waals surface area (Å²) in [6.45, 7) is 7.74. The number of carbonyl (C=O) groups excluding carboxylic acids is 1. The van der Waals surface area contributed by atoms with Gasteiger partial charge in [0.25, 0.3) is 5.91 Å². The Hall–Kier alpha value is -2.00. The number of nitrogens with one attached hydrogen (secondary N) is 1. The molecule has 0 unspecified atom stereocenters. The fourth-order valence-corrected chi connectivity index (χ4v) is 2.50. The second-order valence-corrected chi connectivity index (χ2v) is 5.91. The maximum Gasteiger partial charge on any atom is 0.265 e. The van der Waals surface area contributed by atoms with E-state index >= 15 is 0 Å². The molecule has 1 N–H and O–H groups in total. The van der Waals surface area contributed by atoms with Gasteiger partial charge in [0, 0.05) is 10.7 Å². The van der Waals surface area contributed by atoms with Crippen molar-refractivity contribution in [2.45, 2.75) is 33.8 Å². The number of rotatable bonds is 4. The van der Waals surface area contributed by atoms with Crippen molar-refractivity contribution in [3.63, 3.8) is 0 Å². The molecule has 0 fully saturated rings. The predicted molar refractivity (Wildman–Crippen MR) is 90.8 cm³/mol. The second kappa shape index (κ2) is 6.84. The summed E-state index contributed by atoms with van der Waals surface area (Å²) in [7, 11) is 0. The van der Waals surface area contributed by atoms with E-state index in [0.29, 0.717) is 10.8 Å². The van der Waals surface area contributed by atoms with Gasteiger partial charge >= 0.3 is 0 Å². The fraction of sp³-hybridized carbons (Fsp3) is 0.278. The maximum atomic E-state index is 12.3. The lowest BCUT2D eigenvalue weighted by Gasteiger charge is -2.17. The minimum absolute atomic E-state index is 0.176. The van der Waals surface area contributed by atoms with Crippen LogP contribution in [0.1, 0.15) is 23.6 Å². The first kappa shape index (κ1) is 16.4. The number of hydrogen-bond acceptors (Lipinski definition) is 2. The Bertz CT molecular complexity index is 657. The van der Waals surface area contributed by atoms with Gasteiger partial charge in [0.15, 0.2) is 6.10 Å². The van der Waals surface area contributed by atoms with Crippen LogP contribution in [0.2, 0.25) is 5.02 Å². The molecule has 0 saturated carbocycles. The van der Waals surface area contributed by atoms with Crippen LogP contribution >= 0.6 is 11.6 Å². The van der Waals surface area contributed by atoms with Crippen molar-refractivity contribution in [1.29, 1.82) is 0 Å². The highest BCUT2D eigenvalue weighted by Crippen LogP contribution is 2.23. The molecule has 0 aromatic heterocycles. The molecule has 0 spiro atoms. The van der Waals surface area contributed by atoms with E-state index in [1.807, 2.05) is 32.9 Å². The molecule has 0 saturated heterocycles. The summed E-state index contributed by atoms with van der Waals surface area (Å²) in [5.41, 5.74) is 4.12. The lowest BCUT2D eigenvalue weighted by molar-refractivity contribution is -0.122.